The molecule has 0 saturated carbocycles. The van der Waals surface area contributed by atoms with Gasteiger partial charge in [0.2, 0.25) is 0 Å². The highest BCUT2D eigenvalue weighted by atomic mass is 15.1. The van der Waals surface area contributed by atoms with Crippen molar-refractivity contribution in [1.29, 1.82) is 0 Å². The quantitative estimate of drug-likeness (QED) is 0.548. The predicted molar refractivity (Wildman–Crippen MR) is 48.2 cm³/mol. The number of rotatable bonds is 1. The lowest BCUT2D eigenvalue weighted by atomic mass is 10.3. The molecule has 1 aromatic carbocycles. The molecule has 0 aromatic heterocycles. The maximum atomic E-state index is 3.83. The van der Waals surface area contributed by atoms with E-state index in [1.807, 2.05) is 44.2 Å². The Hall–Kier alpha value is -1.18. The monoisotopic (exact) mass is 150 g/mol. The predicted octanol–water partition coefficient (Wildman–Crippen LogP) is 3.43. The lowest BCUT2D eigenvalue weighted by Crippen LogP contribution is -1.58. The Labute approximate surface area is 68.0 Å². The van der Waals surface area contributed by atoms with Gasteiger partial charge >= 0.3 is 0 Å². The van der Waals surface area contributed by atoms with Crippen molar-refractivity contribution in [1.82, 2.24) is 0 Å². The first-order valence-corrected chi connectivity index (χ1v) is 3.78. The van der Waals surface area contributed by atoms with E-state index < -0.39 is 0 Å². The van der Waals surface area contributed by atoms with E-state index in [9.17, 15) is 0 Å². The third-order valence-electron chi connectivity index (χ3n) is 0.972. The fourth-order valence-corrected chi connectivity index (χ4v) is 0.610. The van der Waals surface area contributed by atoms with Crippen molar-refractivity contribution >= 4 is 5.69 Å². The molecular weight excluding hydrogens is 136 g/mol. The fraction of sp³-hybridized carbons (Fsp3) is 0.333. The Kier molecular flexibility index (Phi) is 6.19. The van der Waals surface area contributed by atoms with Gasteiger partial charge in [-0.1, -0.05) is 32.0 Å². The van der Waals surface area contributed by atoms with Gasteiger partial charge in [0.05, 0.1) is 5.69 Å². The summed E-state index contributed by atoms with van der Waals surface area (Å²) in [6.45, 7) is 4.00. The molecule has 1 aromatic rings. The van der Waals surface area contributed by atoms with Crippen molar-refractivity contribution in [2.75, 3.05) is 7.05 Å². The topological polar surface area (TPSA) is 24.7 Å². The van der Waals surface area contributed by atoms with Crippen LogP contribution in [0, 0.1) is 0 Å². The van der Waals surface area contributed by atoms with E-state index >= 15 is 0 Å². The van der Waals surface area contributed by atoms with Crippen molar-refractivity contribution in [3.8, 4) is 0 Å². The number of nitrogens with zero attached hydrogens (tertiary/aromatic N) is 2. The molecule has 0 aliphatic heterocycles. The smallest absolute Gasteiger partial charge is 0.0852 e. The normalized spacial score (nSPS) is 9.00. The highest BCUT2D eigenvalue weighted by Crippen LogP contribution is 2.08. The Morgan fingerprint density at radius 1 is 1.00 bits per heavy atom. The van der Waals surface area contributed by atoms with Crippen LogP contribution in [0.25, 0.3) is 0 Å². The van der Waals surface area contributed by atoms with Crippen LogP contribution in [-0.4, -0.2) is 7.05 Å². The minimum atomic E-state index is 0.903. The van der Waals surface area contributed by atoms with Gasteiger partial charge in [-0.15, -0.1) is 0 Å². The maximum Gasteiger partial charge on any atom is 0.0852 e. The molecule has 0 atom stereocenters. The molecule has 60 valence electrons. The summed E-state index contributed by atoms with van der Waals surface area (Å²) in [4.78, 5) is 0. The molecule has 0 bridgehead atoms. The van der Waals surface area contributed by atoms with Gasteiger partial charge in [0.1, 0.15) is 0 Å². The van der Waals surface area contributed by atoms with Crippen molar-refractivity contribution < 1.29 is 0 Å². The summed E-state index contributed by atoms with van der Waals surface area (Å²) in [5.74, 6) is 0. The zero-order chi connectivity index (χ0) is 8.53. The van der Waals surface area contributed by atoms with Gasteiger partial charge in [-0.05, 0) is 12.1 Å². The molecule has 1 rings (SSSR count). The molecule has 2 heteroatoms. The second-order valence-corrected chi connectivity index (χ2v) is 1.64. The van der Waals surface area contributed by atoms with Gasteiger partial charge in [0.15, 0.2) is 0 Å². The Morgan fingerprint density at radius 2 is 1.55 bits per heavy atom. The summed E-state index contributed by atoms with van der Waals surface area (Å²) in [5.41, 5.74) is 0.903. The molecule has 0 spiro atoms. The lowest BCUT2D eigenvalue weighted by molar-refractivity contribution is 1.17. The fourth-order valence-electron chi connectivity index (χ4n) is 0.610. The second-order valence-electron chi connectivity index (χ2n) is 1.64. The number of hydrogen-bond donors (Lipinski definition) is 0. The van der Waals surface area contributed by atoms with E-state index in [0.29, 0.717) is 0 Å². The third-order valence-corrected chi connectivity index (χ3v) is 0.972. The molecule has 11 heavy (non-hydrogen) atoms. The van der Waals surface area contributed by atoms with Crippen LogP contribution < -0.4 is 0 Å². The number of azo groups is 1. The molecule has 2 nitrogen and oxygen atoms in total. The van der Waals surface area contributed by atoms with E-state index in [4.69, 9.17) is 0 Å². The molecule has 0 unspecified atom stereocenters. The van der Waals surface area contributed by atoms with Gasteiger partial charge in [0, 0.05) is 7.05 Å². The third kappa shape index (κ3) is 4.25. The number of benzene rings is 1. The SMILES string of the molecule is CC.CN=Nc1ccccc1. The highest BCUT2D eigenvalue weighted by molar-refractivity contribution is 5.34. The zero-order valence-electron chi connectivity index (χ0n) is 7.28. The van der Waals surface area contributed by atoms with Crippen molar-refractivity contribution in [2.45, 2.75) is 13.8 Å². The molecule has 0 radical (unpaired) electrons. The molecule has 0 aliphatic carbocycles. The van der Waals surface area contributed by atoms with Gasteiger partial charge < -0.3 is 0 Å². The van der Waals surface area contributed by atoms with E-state index in [2.05, 4.69) is 10.2 Å². The largest absolute Gasteiger partial charge is 0.192 e. The molecule has 0 N–H and O–H groups in total. The Balaban J connectivity index is 0.000000461. The van der Waals surface area contributed by atoms with Crippen LogP contribution in [0.4, 0.5) is 5.69 Å². The first-order chi connectivity index (χ1) is 5.43. The molecule has 0 amide bonds. The minimum Gasteiger partial charge on any atom is -0.192 e. The standard InChI is InChI=1S/C7H8N2.C2H6/c1-8-9-7-5-3-2-4-6-7;1-2/h2-6H,1H3;1-2H3. The van der Waals surface area contributed by atoms with Crippen LogP contribution >= 0.6 is 0 Å². The average molecular weight is 150 g/mol. The van der Waals surface area contributed by atoms with Crippen molar-refractivity contribution in [3.05, 3.63) is 30.3 Å². The van der Waals surface area contributed by atoms with E-state index in [1.165, 1.54) is 0 Å². The highest BCUT2D eigenvalue weighted by Gasteiger charge is 1.80. The maximum absolute atomic E-state index is 3.83. The van der Waals surface area contributed by atoms with Crippen LogP contribution in [0.5, 0.6) is 0 Å². The van der Waals surface area contributed by atoms with Gasteiger partial charge in [0.25, 0.3) is 0 Å². The summed E-state index contributed by atoms with van der Waals surface area (Å²) < 4.78 is 0. The molecule has 0 aliphatic rings. The zero-order valence-corrected chi connectivity index (χ0v) is 7.28. The average Bonchev–Trinajstić information content (AvgIpc) is 2.11. The Bertz CT molecular complexity index is 192. The van der Waals surface area contributed by atoms with Crippen LogP contribution in [0.3, 0.4) is 0 Å². The summed E-state index contributed by atoms with van der Waals surface area (Å²) in [7, 11) is 1.66. The number of hydrogen-bond acceptors (Lipinski definition) is 2. The van der Waals surface area contributed by atoms with E-state index in [1.54, 1.807) is 7.05 Å². The summed E-state index contributed by atoms with van der Waals surface area (Å²) in [5, 5.41) is 7.46. The molecule has 0 fully saturated rings. The van der Waals surface area contributed by atoms with Crippen LogP contribution in [0.2, 0.25) is 0 Å². The second kappa shape index (κ2) is 6.93. The van der Waals surface area contributed by atoms with Crippen molar-refractivity contribution in [2.24, 2.45) is 10.2 Å². The van der Waals surface area contributed by atoms with Crippen LogP contribution in [-0.2, 0) is 0 Å². The lowest BCUT2D eigenvalue weighted by Gasteiger charge is -1.85. The van der Waals surface area contributed by atoms with E-state index in [0.717, 1.165) is 5.69 Å². The minimum absolute atomic E-state index is 0.903. The first-order valence-electron chi connectivity index (χ1n) is 3.78. The summed E-state index contributed by atoms with van der Waals surface area (Å²) in [6, 6.07) is 9.64. The summed E-state index contributed by atoms with van der Waals surface area (Å²) >= 11 is 0. The molecular formula is C9H14N2. The van der Waals surface area contributed by atoms with Gasteiger partial charge in [-0.3, -0.25) is 0 Å². The van der Waals surface area contributed by atoms with Gasteiger partial charge in [-0.2, -0.15) is 10.2 Å². The van der Waals surface area contributed by atoms with Crippen LogP contribution in [0.1, 0.15) is 13.8 Å². The molecule has 0 heterocycles. The molecule has 0 saturated heterocycles. The summed E-state index contributed by atoms with van der Waals surface area (Å²) in [6.07, 6.45) is 0. The van der Waals surface area contributed by atoms with Gasteiger partial charge in [-0.25, -0.2) is 0 Å². The van der Waals surface area contributed by atoms with Crippen LogP contribution in [0.15, 0.2) is 40.6 Å². The Morgan fingerprint density at radius 3 is 2.00 bits per heavy atom. The van der Waals surface area contributed by atoms with Crippen molar-refractivity contribution in [3.63, 3.8) is 0 Å². The van der Waals surface area contributed by atoms with E-state index in [-0.39, 0.29) is 0 Å². The first kappa shape index (κ1) is 9.82.